The molecule has 1 fully saturated rings. The fourth-order valence-corrected chi connectivity index (χ4v) is 5.97. The molecule has 3 aromatic heterocycles. The number of benzene rings is 1. The summed E-state index contributed by atoms with van der Waals surface area (Å²) in [7, 11) is 1.80. The summed E-state index contributed by atoms with van der Waals surface area (Å²) in [6, 6.07) is 10.5. The number of nitrogens with zero attached hydrogens (tertiary/aromatic N) is 4. The third-order valence-corrected chi connectivity index (χ3v) is 7.83. The second-order valence-electron chi connectivity index (χ2n) is 10.0. The van der Waals surface area contributed by atoms with E-state index in [9.17, 15) is 14.0 Å². The molecule has 9 nitrogen and oxygen atoms in total. The van der Waals surface area contributed by atoms with E-state index in [2.05, 4.69) is 15.6 Å². The van der Waals surface area contributed by atoms with Crippen LogP contribution in [0.1, 0.15) is 39.5 Å². The van der Waals surface area contributed by atoms with E-state index in [0.29, 0.717) is 49.0 Å². The van der Waals surface area contributed by atoms with Gasteiger partial charge in [-0.05, 0) is 35.7 Å². The van der Waals surface area contributed by atoms with Crippen LogP contribution in [-0.4, -0.2) is 51.3 Å². The fourth-order valence-electron chi connectivity index (χ4n) is 5.97. The van der Waals surface area contributed by atoms with Gasteiger partial charge >= 0.3 is 0 Å². The highest BCUT2D eigenvalue weighted by molar-refractivity contribution is 6.06. The largest absolute Gasteiger partial charge is 0.381 e. The first-order valence-electron chi connectivity index (χ1n) is 12.6. The molecule has 0 saturated carbocycles. The molecule has 1 aromatic carbocycles. The average Bonchev–Trinajstić information content (AvgIpc) is 3.49. The summed E-state index contributed by atoms with van der Waals surface area (Å²) in [5.74, 6) is 0.0662. The monoisotopic (exact) mass is 512 g/mol. The second kappa shape index (κ2) is 8.63. The number of hydrogen-bond donors (Lipinski definition) is 2. The highest BCUT2D eigenvalue weighted by Gasteiger charge is 2.39. The van der Waals surface area contributed by atoms with Crippen LogP contribution in [0, 0.1) is 11.7 Å². The lowest BCUT2D eigenvalue weighted by Gasteiger charge is -2.30. The van der Waals surface area contributed by atoms with Gasteiger partial charge in [-0.1, -0.05) is 12.1 Å². The van der Waals surface area contributed by atoms with Crippen molar-refractivity contribution in [1.82, 2.24) is 24.6 Å². The molecular formula is C28H25FN6O3. The topological polar surface area (TPSA) is 101 Å². The van der Waals surface area contributed by atoms with E-state index < -0.39 is 0 Å². The number of fused-ring (bicyclic) bond motifs is 5. The summed E-state index contributed by atoms with van der Waals surface area (Å²) >= 11 is 0. The van der Waals surface area contributed by atoms with Crippen molar-refractivity contribution in [3.63, 3.8) is 0 Å². The number of imidazole rings is 1. The van der Waals surface area contributed by atoms with Gasteiger partial charge in [0.25, 0.3) is 5.91 Å². The van der Waals surface area contributed by atoms with Crippen LogP contribution in [0.5, 0.6) is 0 Å². The van der Waals surface area contributed by atoms with E-state index in [1.807, 2.05) is 28.7 Å². The zero-order valence-electron chi connectivity index (χ0n) is 20.7. The van der Waals surface area contributed by atoms with E-state index in [1.54, 1.807) is 24.3 Å². The molecule has 6 heterocycles. The van der Waals surface area contributed by atoms with E-state index in [1.165, 1.54) is 12.1 Å². The lowest BCUT2D eigenvalue weighted by atomic mass is 9.82. The maximum absolute atomic E-state index is 13.7. The quantitative estimate of drug-likeness (QED) is 0.435. The van der Waals surface area contributed by atoms with Crippen molar-refractivity contribution in [2.24, 2.45) is 5.92 Å². The minimum absolute atomic E-state index is 0.0856. The zero-order valence-corrected chi connectivity index (χ0v) is 20.7. The number of nitrogens with one attached hydrogen (secondary N) is 2. The van der Waals surface area contributed by atoms with E-state index in [0.717, 1.165) is 34.5 Å². The molecule has 7 rings (SSSR count). The molecule has 1 saturated heterocycles. The third kappa shape index (κ3) is 3.55. The molecule has 2 atom stereocenters. The van der Waals surface area contributed by atoms with Crippen LogP contribution in [0.2, 0.25) is 0 Å². The number of rotatable bonds is 3. The summed E-state index contributed by atoms with van der Waals surface area (Å²) in [5, 5.41) is 6.27. The Morgan fingerprint density at radius 1 is 1.16 bits per heavy atom. The van der Waals surface area contributed by atoms with Gasteiger partial charge in [0, 0.05) is 43.9 Å². The smallest absolute Gasteiger partial charge is 0.254 e. The zero-order chi connectivity index (χ0) is 26.0. The Hall–Kier alpha value is -4.31. The molecule has 4 aromatic rings. The number of hydrogen-bond acceptors (Lipinski definition) is 6. The van der Waals surface area contributed by atoms with Crippen LogP contribution >= 0.6 is 0 Å². The molecule has 0 spiro atoms. The molecular weight excluding hydrogens is 487 g/mol. The predicted molar refractivity (Wildman–Crippen MR) is 137 cm³/mol. The van der Waals surface area contributed by atoms with Crippen LogP contribution in [0.4, 0.5) is 15.9 Å². The predicted octanol–water partition coefficient (Wildman–Crippen LogP) is 3.61. The first kappa shape index (κ1) is 22.9. The van der Waals surface area contributed by atoms with Crippen LogP contribution in [-0.2, 0) is 22.6 Å². The minimum Gasteiger partial charge on any atom is -0.381 e. The van der Waals surface area contributed by atoms with Gasteiger partial charge in [-0.15, -0.1) is 0 Å². The van der Waals surface area contributed by atoms with Crippen molar-refractivity contribution in [1.29, 1.82) is 0 Å². The van der Waals surface area contributed by atoms with Gasteiger partial charge < -0.3 is 20.3 Å². The van der Waals surface area contributed by atoms with Gasteiger partial charge in [-0.25, -0.2) is 14.4 Å². The standard InChI is InChI=1S/C28H25FN6O3/c1-34-13-22-17(16-7-9-38-14-20(16)28(34)37)3-5-24(33-22)32-21-4-2-18(19-11-31-27(36)26(19)21)23-12-30-25-10-15(29)6-8-35(23)25/h2-6,8,10,12,16,20H,7,9,11,13-14H2,1H3,(H,31,36)(H,32,33)/t16-,20-/m1/s1. The Kier molecular flexibility index (Phi) is 5.19. The van der Waals surface area contributed by atoms with Crippen LogP contribution < -0.4 is 10.6 Å². The first-order chi connectivity index (χ1) is 18.5. The Labute approximate surface area is 217 Å². The van der Waals surface area contributed by atoms with Crippen molar-refractivity contribution in [3.05, 3.63) is 77.0 Å². The summed E-state index contributed by atoms with van der Waals surface area (Å²) in [6.07, 6.45) is 4.12. The second-order valence-corrected chi connectivity index (χ2v) is 10.0. The van der Waals surface area contributed by atoms with Crippen LogP contribution in [0.3, 0.4) is 0 Å². The molecule has 0 aliphatic carbocycles. The van der Waals surface area contributed by atoms with Crippen molar-refractivity contribution in [2.45, 2.75) is 25.4 Å². The third-order valence-electron chi connectivity index (χ3n) is 7.83. The summed E-state index contributed by atoms with van der Waals surface area (Å²) in [4.78, 5) is 36.8. The molecule has 3 aliphatic heterocycles. The van der Waals surface area contributed by atoms with Crippen molar-refractivity contribution in [2.75, 3.05) is 25.6 Å². The highest BCUT2D eigenvalue weighted by Crippen LogP contribution is 2.39. The highest BCUT2D eigenvalue weighted by atomic mass is 19.1. The van der Waals surface area contributed by atoms with Crippen molar-refractivity contribution < 1.29 is 18.7 Å². The molecule has 2 amide bonds. The molecule has 0 radical (unpaired) electrons. The van der Waals surface area contributed by atoms with Gasteiger partial charge in [0.1, 0.15) is 17.3 Å². The van der Waals surface area contributed by atoms with E-state index in [-0.39, 0.29) is 29.5 Å². The maximum atomic E-state index is 13.7. The first-order valence-corrected chi connectivity index (χ1v) is 12.6. The number of amides is 2. The number of halogens is 1. The van der Waals surface area contributed by atoms with Crippen LogP contribution in [0.15, 0.2) is 48.8 Å². The normalized spacial score (nSPS) is 20.5. The molecule has 192 valence electrons. The molecule has 3 aliphatic rings. The average molecular weight is 513 g/mol. The Morgan fingerprint density at radius 2 is 2.05 bits per heavy atom. The fraction of sp³-hybridized carbons (Fsp3) is 0.286. The lowest BCUT2D eigenvalue weighted by Crippen LogP contribution is -2.38. The number of ether oxygens (including phenoxy) is 1. The van der Waals surface area contributed by atoms with E-state index >= 15 is 0 Å². The lowest BCUT2D eigenvalue weighted by molar-refractivity contribution is -0.139. The number of carbonyl (C=O) groups excluding carboxylic acids is 2. The summed E-state index contributed by atoms with van der Waals surface area (Å²) < 4.78 is 21.1. The Balaban J connectivity index is 1.26. The maximum Gasteiger partial charge on any atom is 0.254 e. The number of anilines is 2. The van der Waals surface area contributed by atoms with E-state index in [4.69, 9.17) is 9.72 Å². The van der Waals surface area contributed by atoms with Crippen LogP contribution in [0.25, 0.3) is 16.9 Å². The summed E-state index contributed by atoms with van der Waals surface area (Å²) in [5.41, 5.74) is 6.11. The molecule has 0 unspecified atom stereocenters. The molecule has 0 bridgehead atoms. The van der Waals surface area contributed by atoms with Gasteiger partial charge in [-0.3, -0.25) is 14.0 Å². The Morgan fingerprint density at radius 3 is 2.95 bits per heavy atom. The van der Waals surface area contributed by atoms with Crippen molar-refractivity contribution >= 4 is 29.0 Å². The number of aromatic nitrogens is 3. The van der Waals surface area contributed by atoms with Gasteiger partial charge in [-0.2, -0.15) is 0 Å². The molecule has 2 N–H and O–H groups in total. The Bertz CT molecular complexity index is 1630. The van der Waals surface area contributed by atoms with Gasteiger partial charge in [0.15, 0.2) is 0 Å². The number of pyridine rings is 2. The number of carbonyl (C=O) groups is 2. The minimum atomic E-state index is -0.354. The molecule has 10 heteroatoms. The molecule has 38 heavy (non-hydrogen) atoms. The summed E-state index contributed by atoms with van der Waals surface area (Å²) in [6.45, 7) is 1.86. The van der Waals surface area contributed by atoms with Gasteiger partial charge in [0.05, 0.1) is 47.9 Å². The van der Waals surface area contributed by atoms with Crippen molar-refractivity contribution in [3.8, 4) is 11.3 Å². The van der Waals surface area contributed by atoms with Gasteiger partial charge in [0.2, 0.25) is 5.91 Å². The SMILES string of the molecule is CN1Cc2nc(Nc3ccc(-c4cnc5cc(F)ccn45)c4c3C(=O)NC4)ccc2[C@H]2CCOC[C@H]2C1=O.